The Kier molecular flexibility index (Phi) is 7.41. The number of carbonyl (C=O) groups is 4. The van der Waals surface area contributed by atoms with Crippen molar-refractivity contribution in [3.63, 3.8) is 0 Å². The molecule has 1 atom stereocenters. The molecule has 1 aliphatic rings. The van der Waals surface area contributed by atoms with Crippen molar-refractivity contribution in [3.8, 4) is 0 Å². The lowest BCUT2D eigenvalue weighted by Gasteiger charge is -2.16. The van der Waals surface area contributed by atoms with E-state index < -0.39 is 12.1 Å². The maximum absolute atomic E-state index is 12.4. The number of carbonyl (C=O) groups excluding carboxylic acids is 4. The Morgan fingerprint density at radius 3 is 2.41 bits per heavy atom. The average molecular weight is 392 g/mol. The highest BCUT2D eigenvalue weighted by molar-refractivity contribution is 8.13. The monoisotopic (exact) mass is 392 g/mol. The predicted octanol–water partition coefficient (Wildman–Crippen LogP) is 2.95. The van der Waals surface area contributed by atoms with Gasteiger partial charge in [-0.2, -0.15) is 0 Å². The third-order valence-electron chi connectivity index (χ3n) is 4.07. The molecule has 1 heterocycles. The summed E-state index contributed by atoms with van der Waals surface area (Å²) in [6, 6.07) is 6.45. The Bertz CT molecular complexity index is 717. The quantitative estimate of drug-likeness (QED) is 0.540. The van der Waals surface area contributed by atoms with Crippen LogP contribution in [-0.4, -0.2) is 52.7 Å². The minimum absolute atomic E-state index is 0.0310. The Morgan fingerprint density at radius 2 is 1.85 bits per heavy atom. The number of esters is 1. The molecule has 0 aliphatic carbocycles. The number of amides is 2. The lowest BCUT2D eigenvalue weighted by Crippen LogP contribution is -2.29. The molecule has 0 radical (unpaired) electrons. The first-order chi connectivity index (χ1) is 12.8. The van der Waals surface area contributed by atoms with Crippen LogP contribution >= 0.6 is 11.8 Å². The average Bonchev–Trinajstić information content (AvgIpc) is 3.04. The maximum Gasteiger partial charge on any atom is 0.308 e. The molecule has 1 fully saturated rings. The second-order valence-corrected chi connectivity index (χ2v) is 7.62. The largest absolute Gasteiger partial charge is 0.454 e. The number of rotatable bonds is 8. The number of ketones is 1. The molecule has 7 nitrogen and oxygen atoms in total. The van der Waals surface area contributed by atoms with E-state index in [4.69, 9.17) is 4.74 Å². The predicted molar refractivity (Wildman–Crippen MR) is 104 cm³/mol. The molecule has 0 spiro atoms. The number of hydrogen-bond acceptors (Lipinski definition) is 6. The van der Waals surface area contributed by atoms with Gasteiger partial charge in [-0.15, -0.1) is 0 Å². The van der Waals surface area contributed by atoms with Crippen LogP contribution in [0, 0.1) is 5.92 Å². The normalized spacial score (nSPS) is 15.0. The van der Waals surface area contributed by atoms with Crippen molar-refractivity contribution in [2.45, 2.75) is 33.3 Å². The highest BCUT2D eigenvalue weighted by atomic mass is 32.2. The number of Topliss-reactive ketones (excluding diaryl/α,β-unsaturated/α-hetero) is 1. The van der Waals surface area contributed by atoms with E-state index in [0.717, 1.165) is 5.75 Å². The molecule has 0 saturated carbocycles. The van der Waals surface area contributed by atoms with Crippen LogP contribution in [0.5, 0.6) is 0 Å². The van der Waals surface area contributed by atoms with Crippen molar-refractivity contribution in [2.24, 2.45) is 5.92 Å². The first-order valence-electron chi connectivity index (χ1n) is 8.84. The number of benzene rings is 1. The highest BCUT2D eigenvalue weighted by Gasteiger charge is 2.23. The molecule has 0 aromatic heterocycles. The fraction of sp³-hybridized carbons (Fsp3) is 0.474. The van der Waals surface area contributed by atoms with E-state index >= 15 is 0 Å². The van der Waals surface area contributed by atoms with Crippen molar-refractivity contribution in [1.82, 2.24) is 4.90 Å². The maximum atomic E-state index is 12.4. The van der Waals surface area contributed by atoms with Gasteiger partial charge in [-0.05, 0) is 31.2 Å². The van der Waals surface area contributed by atoms with Gasteiger partial charge in [-0.25, -0.2) is 0 Å². The summed E-state index contributed by atoms with van der Waals surface area (Å²) in [5.41, 5.74) is 0.993. The highest BCUT2D eigenvalue weighted by Crippen LogP contribution is 2.18. The topological polar surface area (TPSA) is 92.8 Å². The van der Waals surface area contributed by atoms with Gasteiger partial charge in [0, 0.05) is 36.0 Å². The summed E-state index contributed by atoms with van der Waals surface area (Å²) in [6.45, 7) is 6.04. The number of nitrogens with one attached hydrogen (secondary N) is 1. The summed E-state index contributed by atoms with van der Waals surface area (Å²) < 4.78 is 5.18. The van der Waals surface area contributed by atoms with E-state index in [0.29, 0.717) is 24.3 Å². The number of anilines is 1. The van der Waals surface area contributed by atoms with Gasteiger partial charge in [0.15, 0.2) is 6.10 Å². The van der Waals surface area contributed by atoms with Crippen LogP contribution in [0.4, 0.5) is 10.5 Å². The molecule has 2 amide bonds. The van der Waals surface area contributed by atoms with E-state index in [1.165, 1.54) is 18.7 Å². The van der Waals surface area contributed by atoms with Crippen LogP contribution in [0.1, 0.15) is 37.6 Å². The molecule has 1 aromatic rings. The summed E-state index contributed by atoms with van der Waals surface area (Å²) in [4.78, 5) is 49.1. The number of thioether (sulfide) groups is 1. The second-order valence-electron chi connectivity index (χ2n) is 6.57. The summed E-state index contributed by atoms with van der Waals surface area (Å²) in [7, 11) is 0. The van der Waals surface area contributed by atoms with Gasteiger partial charge in [0.1, 0.15) is 0 Å². The van der Waals surface area contributed by atoms with Gasteiger partial charge >= 0.3 is 5.97 Å². The number of hydrogen-bond donors (Lipinski definition) is 1. The zero-order chi connectivity index (χ0) is 20.0. The molecule has 27 heavy (non-hydrogen) atoms. The standard InChI is InChI=1S/C19H24N2O5S/c1-12(2)18(24)20-15-6-4-14(5-7-15)17(23)13(3)26-16(22)8-9-21-10-11-27-19(21)25/h4-7,12-13H,8-11H2,1-3H3,(H,20,24). The van der Waals surface area contributed by atoms with Gasteiger partial charge in [-0.3, -0.25) is 19.2 Å². The van der Waals surface area contributed by atoms with Gasteiger partial charge < -0.3 is 15.0 Å². The second kappa shape index (κ2) is 9.55. The lowest BCUT2D eigenvalue weighted by molar-refractivity contribution is -0.146. The van der Waals surface area contributed by atoms with Crippen LogP contribution in [0.25, 0.3) is 0 Å². The third kappa shape index (κ3) is 6.09. The Balaban J connectivity index is 1.84. The van der Waals surface area contributed by atoms with Crippen molar-refractivity contribution >= 4 is 40.3 Å². The van der Waals surface area contributed by atoms with Crippen molar-refractivity contribution in [3.05, 3.63) is 29.8 Å². The Hall–Kier alpha value is -2.35. The molecule has 1 saturated heterocycles. The third-order valence-corrected chi connectivity index (χ3v) is 4.96. The van der Waals surface area contributed by atoms with Crippen LogP contribution in [0.3, 0.4) is 0 Å². The molecule has 8 heteroatoms. The van der Waals surface area contributed by atoms with Crippen LogP contribution in [0.2, 0.25) is 0 Å². The van der Waals surface area contributed by atoms with Crippen molar-refractivity contribution in [1.29, 1.82) is 0 Å². The van der Waals surface area contributed by atoms with Crippen LogP contribution < -0.4 is 5.32 Å². The SMILES string of the molecule is CC(C)C(=O)Nc1ccc(C(=O)C(C)OC(=O)CCN2CCSC2=O)cc1. The fourth-order valence-corrected chi connectivity index (χ4v) is 3.26. The molecule has 1 unspecified atom stereocenters. The molecule has 1 aromatic carbocycles. The summed E-state index contributed by atoms with van der Waals surface area (Å²) in [5, 5.41) is 2.72. The zero-order valence-electron chi connectivity index (χ0n) is 15.7. The summed E-state index contributed by atoms with van der Waals surface area (Å²) in [5.74, 6) is -0.346. The Labute approximate surface area is 162 Å². The van der Waals surface area contributed by atoms with E-state index in [1.807, 2.05) is 0 Å². The van der Waals surface area contributed by atoms with Crippen LogP contribution in [-0.2, 0) is 14.3 Å². The molecule has 1 aliphatic heterocycles. The van der Waals surface area contributed by atoms with Crippen molar-refractivity contribution in [2.75, 3.05) is 24.2 Å². The number of ether oxygens (including phenoxy) is 1. The molecule has 2 rings (SSSR count). The first kappa shape index (κ1) is 21.0. The molecule has 1 N–H and O–H groups in total. The molecular weight excluding hydrogens is 368 g/mol. The van der Waals surface area contributed by atoms with E-state index in [1.54, 1.807) is 43.0 Å². The molecule has 146 valence electrons. The molecule has 0 bridgehead atoms. The number of nitrogens with zero attached hydrogens (tertiary/aromatic N) is 1. The van der Waals surface area contributed by atoms with Gasteiger partial charge in [-0.1, -0.05) is 25.6 Å². The van der Waals surface area contributed by atoms with Gasteiger partial charge in [0.05, 0.1) is 6.42 Å². The Morgan fingerprint density at radius 1 is 1.19 bits per heavy atom. The summed E-state index contributed by atoms with van der Waals surface area (Å²) in [6.07, 6.45) is -0.860. The minimum atomic E-state index is -0.919. The zero-order valence-corrected chi connectivity index (χ0v) is 16.5. The molecular formula is C19H24N2O5S. The lowest BCUT2D eigenvalue weighted by atomic mass is 10.1. The first-order valence-corrected chi connectivity index (χ1v) is 9.83. The van der Waals surface area contributed by atoms with E-state index in [9.17, 15) is 19.2 Å². The van der Waals surface area contributed by atoms with Crippen LogP contribution in [0.15, 0.2) is 24.3 Å². The van der Waals surface area contributed by atoms with E-state index in [2.05, 4.69) is 5.32 Å². The van der Waals surface area contributed by atoms with Gasteiger partial charge in [0.2, 0.25) is 11.7 Å². The van der Waals surface area contributed by atoms with E-state index in [-0.39, 0.29) is 29.3 Å². The summed E-state index contributed by atoms with van der Waals surface area (Å²) >= 11 is 1.23. The fourth-order valence-electron chi connectivity index (χ4n) is 2.40. The van der Waals surface area contributed by atoms with Gasteiger partial charge in [0.25, 0.3) is 5.24 Å². The smallest absolute Gasteiger partial charge is 0.308 e. The van der Waals surface area contributed by atoms with Crippen molar-refractivity contribution < 1.29 is 23.9 Å². The minimum Gasteiger partial charge on any atom is -0.454 e.